The molecule has 1 amide bonds. The third kappa shape index (κ3) is 2.00. The van der Waals surface area contributed by atoms with Crippen molar-refractivity contribution in [2.75, 3.05) is 26.2 Å². The number of amides is 1. The first kappa shape index (κ1) is 13.8. The van der Waals surface area contributed by atoms with Crippen LogP contribution in [0.5, 0.6) is 0 Å². The van der Waals surface area contributed by atoms with Gasteiger partial charge in [0, 0.05) is 19.6 Å². The van der Waals surface area contributed by atoms with Crippen molar-refractivity contribution < 1.29 is 4.79 Å². The van der Waals surface area contributed by atoms with Gasteiger partial charge in [0.05, 0.1) is 5.41 Å². The number of likely N-dealkylation sites (tertiary alicyclic amines) is 1. The number of nitrogens with one attached hydrogen (secondary N) is 1. The molecule has 4 bridgehead atoms. The van der Waals surface area contributed by atoms with Crippen LogP contribution in [-0.2, 0) is 4.79 Å². The summed E-state index contributed by atoms with van der Waals surface area (Å²) in [6, 6.07) is 0. The van der Waals surface area contributed by atoms with Gasteiger partial charge in [-0.1, -0.05) is 0 Å². The Morgan fingerprint density at radius 3 is 2.00 bits per heavy atom. The molecule has 0 aromatic carbocycles. The van der Waals surface area contributed by atoms with Crippen molar-refractivity contribution in [1.29, 1.82) is 0 Å². The second kappa shape index (κ2) is 4.72. The highest BCUT2D eigenvalue weighted by Crippen LogP contribution is 2.60. The van der Waals surface area contributed by atoms with E-state index in [-0.39, 0.29) is 5.41 Å². The Balaban J connectivity index is 1.31. The molecule has 4 aliphatic carbocycles. The van der Waals surface area contributed by atoms with E-state index in [4.69, 9.17) is 0 Å². The Morgan fingerprint density at radius 2 is 1.50 bits per heavy atom. The summed E-state index contributed by atoms with van der Waals surface area (Å²) in [5.74, 6) is 3.20. The zero-order valence-corrected chi connectivity index (χ0v) is 13.8. The highest BCUT2D eigenvalue weighted by molar-refractivity contribution is 5.83. The summed E-state index contributed by atoms with van der Waals surface area (Å²) in [5, 5.41) is 3.53. The Bertz CT molecular complexity index is 435. The van der Waals surface area contributed by atoms with Crippen molar-refractivity contribution in [3.8, 4) is 0 Å². The number of hydrogen-bond acceptors (Lipinski definition) is 2. The summed E-state index contributed by atoms with van der Waals surface area (Å²) in [6.07, 6.45) is 11.8. The van der Waals surface area contributed by atoms with Gasteiger partial charge in [-0.3, -0.25) is 4.79 Å². The summed E-state index contributed by atoms with van der Waals surface area (Å²) in [6.45, 7) is 4.43. The monoisotopic (exact) mass is 302 g/mol. The first-order chi connectivity index (χ1) is 10.7. The van der Waals surface area contributed by atoms with Crippen LogP contribution in [0.25, 0.3) is 0 Å². The van der Waals surface area contributed by atoms with Crippen molar-refractivity contribution in [3.63, 3.8) is 0 Å². The number of carbonyl (C=O) groups excluding carboxylic acids is 1. The van der Waals surface area contributed by atoms with Crippen LogP contribution in [0.15, 0.2) is 0 Å². The fourth-order valence-electron chi connectivity index (χ4n) is 7.11. The molecule has 22 heavy (non-hydrogen) atoms. The first-order valence-electron chi connectivity index (χ1n) is 9.67. The van der Waals surface area contributed by atoms with Gasteiger partial charge < -0.3 is 10.2 Å². The normalized spacial score (nSPS) is 45.6. The average molecular weight is 302 g/mol. The van der Waals surface area contributed by atoms with Crippen molar-refractivity contribution in [2.24, 2.45) is 28.6 Å². The fourth-order valence-corrected chi connectivity index (χ4v) is 7.11. The zero-order valence-electron chi connectivity index (χ0n) is 13.8. The molecule has 2 aliphatic heterocycles. The molecular weight excluding hydrogens is 272 g/mol. The van der Waals surface area contributed by atoms with E-state index < -0.39 is 0 Å². The lowest BCUT2D eigenvalue weighted by atomic mass is 9.49. The van der Waals surface area contributed by atoms with Gasteiger partial charge in [-0.2, -0.15) is 0 Å². The van der Waals surface area contributed by atoms with E-state index in [9.17, 15) is 4.79 Å². The minimum absolute atomic E-state index is 0.0766. The molecule has 6 fully saturated rings. The van der Waals surface area contributed by atoms with E-state index in [0.717, 1.165) is 30.8 Å². The number of nitrogens with zero attached hydrogens (tertiary/aromatic N) is 1. The molecule has 0 aromatic heterocycles. The van der Waals surface area contributed by atoms with E-state index in [1.807, 2.05) is 0 Å². The Kier molecular flexibility index (Phi) is 2.97. The third-order valence-corrected chi connectivity index (χ3v) is 7.94. The molecule has 0 unspecified atom stereocenters. The minimum Gasteiger partial charge on any atom is -0.342 e. The maximum absolute atomic E-state index is 13.4. The quantitative estimate of drug-likeness (QED) is 0.808. The maximum Gasteiger partial charge on any atom is 0.228 e. The lowest BCUT2D eigenvalue weighted by molar-refractivity contribution is -0.159. The predicted octanol–water partition coefficient (Wildman–Crippen LogP) is 2.80. The molecule has 3 heteroatoms. The van der Waals surface area contributed by atoms with Crippen LogP contribution in [0.4, 0.5) is 0 Å². The summed E-state index contributed by atoms with van der Waals surface area (Å²) in [4.78, 5) is 15.6. The summed E-state index contributed by atoms with van der Waals surface area (Å²) >= 11 is 0. The van der Waals surface area contributed by atoms with Gasteiger partial charge >= 0.3 is 0 Å². The average Bonchev–Trinajstić information content (AvgIpc) is 2.94. The van der Waals surface area contributed by atoms with E-state index >= 15 is 0 Å². The Morgan fingerprint density at radius 1 is 0.909 bits per heavy atom. The van der Waals surface area contributed by atoms with Crippen molar-refractivity contribution >= 4 is 5.91 Å². The number of hydrogen-bond donors (Lipinski definition) is 1. The van der Waals surface area contributed by atoms with E-state index in [2.05, 4.69) is 10.2 Å². The number of carbonyl (C=O) groups is 1. The van der Waals surface area contributed by atoms with E-state index in [1.165, 1.54) is 70.9 Å². The smallest absolute Gasteiger partial charge is 0.228 e. The molecule has 1 N–H and O–H groups in total. The summed E-state index contributed by atoms with van der Waals surface area (Å²) in [7, 11) is 0. The van der Waals surface area contributed by atoms with E-state index in [0.29, 0.717) is 11.3 Å². The molecule has 0 aromatic rings. The lowest BCUT2D eigenvalue weighted by Crippen LogP contribution is -2.56. The van der Waals surface area contributed by atoms with Crippen LogP contribution in [0.2, 0.25) is 0 Å². The van der Waals surface area contributed by atoms with Gasteiger partial charge in [-0.05, 0) is 87.5 Å². The van der Waals surface area contributed by atoms with Crippen LogP contribution in [0.3, 0.4) is 0 Å². The molecule has 0 radical (unpaired) electrons. The summed E-state index contributed by atoms with van der Waals surface area (Å²) in [5.41, 5.74) is 0.603. The molecule has 2 saturated heterocycles. The van der Waals surface area contributed by atoms with Gasteiger partial charge in [-0.15, -0.1) is 0 Å². The van der Waals surface area contributed by atoms with Gasteiger partial charge in [0.25, 0.3) is 0 Å². The maximum atomic E-state index is 13.4. The second-order valence-electron chi connectivity index (χ2n) is 9.42. The molecule has 6 aliphatic rings. The fraction of sp³-hybridized carbons (Fsp3) is 0.947. The Labute approximate surface area is 134 Å². The molecule has 0 atom stereocenters. The summed E-state index contributed by atoms with van der Waals surface area (Å²) < 4.78 is 0. The van der Waals surface area contributed by atoms with Gasteiger partial charge in [0.2, 0.25) is 5.91 Å². The molecule has 4 saturated carbocycles. The van der Waals surface area contributed by atoms with Crippen molar-refractivity contribution in [2.45, 2.75) is 57.8 Å². The number of piperidine rings is 1. The standard InChI is InChI=1S/C19H30N2O/c22-17(21-5-2-18(3-6-21)1-4-20-13-18)19-10-14-7-15(11-19)9-16(8-14)12-19/h14-16,20H,1-13H2. The van der Waals surface area contributed by atoms with E-state index in [1.54, 1.807) is 0 Å². The first-order valence-corrected chi connectivity index (χ1v) is 9.67. The highest BCUT2D eigenvalue weighted by atomic mass is 16.2. The predicted molar refractivity (Wildman–Crippen MR) is 86.3 cm³/mol. The lowest BCUT2D eigenvalue weighted by Gasteiger charge is -2.57. The second-order valence-corrected chi connectivity index (χ2v) is 9.42. The Hall–Kier alpha value is -0.570. The minimum atomic E-state index is 0.0766. The largest absolute Gasteiger partial charge is 0.342 e. The third-order valence-electron chi connectivity index (χ3n) is 7.94. The molecular formula is C19H30N2O. The molecule has 3 nitrogen and oxygen atoms in total. The number of rotatable bonds is 1. The highest BCUT2D eigenvalue weighted by Gasteiger charge is 2.56. The zero-order chi connectivity index (χ0) is 14.8. The molecule has 2 heterocycles. The van der Waals surface area contributed by atoms with Crippen LogP contribution >= 0.6 is 0 Å². The molecule has 1 spiro atoms. The SMILES string of the molecule is O=C(N1CCC2(CCNC2)CC1)C12CC3CC(CC(C3)C1)C2. The van der Waals surface area contributed by atoms with Crippen LogP contribution in [-0.4, -0.2) is 37.0 Å². The van der Waals surface area contributed by atoms with Crippen molar-refractivity contribution in [1.82, 2.24) is 10.2 Å². The van der Waals surface area contributed by atoms with Gasteiger partial charge in [0.15, 0.2) is 0 Å². The topological polar surface area (TPSA) is 32.3 Å². The molecule has 6 rings (SSSR count). The van der Waals surface area contributed by atoms with Gasteiger partial charge in [0.1, 0.15) is 0 Å². The van der Waals surface area contributed by atoms with Crippen molar-refractivity contribution in [3.05, 3.63) is 0 Å². The van der Waals surface area contributed by atoms with Gasteiger partial charge in [-0.25, -0.2) is 0 Å². The van der Waals surface area contributed by atoms with Crippen LogP contribution in [0, 0.1) is 28.6 Å². The van der Waals surface area contributed by atoms with Crippen LogP contribution in [0.1, 0.15) is 57.8 Å². The molecule has 122 valence electrons. The van der Waals surface area contributed by atoms with Crippen LogP contribution < -0.4 is 5.32 Å².